The molecule has 1 heterocycles. The zero-order valence-electron chi connectivity index (χ0n) is 7.67. The maximum absolute atomic E-state index is 11.1. The first kappa shape index (κ1) is 9.80. The van der Waals surface area contributed by atoms with Gasteiger partial charge in [0.15, 0.2) is 5.76 Å². The van der Waals surface area contributed by atoms with Crippen LogP contribution in [0.5, 0.6) is 0 Å². The highest BCUT2D eigenvalue weighted by Gasteiger charge is 2.07. The molecule has 0 saturated carbocycles. The van der Waals surface area contributed by atoms with E-state index >= 15 is 0 Å². The maximum Gasteiger partial charge on any atom is 0.286 e. The van der Waals surface area contributed by atoms with Gasteiger partial charge in [0, 0.05) is 13.5 Å². The second-order valence-corrected chi connectivity index (χ2v) is 2.74. The predicted octanol–water partition coefficient (Wildman–Crippen LogP) is 0.531. The van der Waals surface area contributed by atoms with Gasteiger partial charge >= 0.3 is 0 Å². The summed E-state index contributed by atoms with van der Waals surface area (Å²) in [7, 11) is 1.57. The van der Waals surface area contributed by atoms with Crippen LogP contribution in [0.15, 0.2) is 16.5 Å². The molecule has 13 heavy (non-hydrogen) atoms. The van der Waals surface area contributed by atoms with Crippen molar-refractivity contribution in [1.82, 2.24) is 5.32 Å². The molecule has 1 amide bonds. The van der Waals surface area contributed by atoms with Gasteiger partial charge in [-0.15, -0.1) is 0 Å². The number of amides is 1. The van der Waals surface area contributed by atoms with Crippen LogP contribution in [0.4, 0.5) is 0 Å². The fourth-order valence-electron chi connectivity index (χ4n) is 1.03. The Balaban J connectivity index is 2.58. The number of nitrogens with one attached hydrogen (secondary N) is 1. The Hall–Kier alpha value is -1.29. The van der Waals surface area contributed by atoms with Crippen LogP contribution in [0.1, 0.15) is 22.7 Å². The van der Waals surface area contributed by atoms with Crippen LogP contribution in [-0.4, -0.2) is 19.5 Å². The summed E-state index contributed by atoms with van der Waals surface area (Å²) < 4.78 is 5.27. The van der Waals surface area contributed by atoms with Gasteiger partial charge in [0.05, 0.1) is 0 Å². The van der Waals surface area contributed by atoms with Crippen molar-refractivity contribution in [2.45, 2.75) is 12.8 Å². The van der Waals surface area contributed by atoms with E-state index in [0.717, 1.165) is 18.6 Å². The molecule has 4 heteroatoms. The molecular weight excluding hydrogens is 168 g/mol. The minimum absolute atomic E-state index is 0.195. The summed E-state index contributed by atoms with van der Waals surface area (Å²) in [5, 5.41) is 2.49. The van der Waals surface area contributed by atoms with Crippen molar-refractivity contribution in [3.05, 3.63) is 23.7 Å². The molecule has 1 rings (SSSR count). The third-order valence-corrected chi connectivity index (χ3v) is 1.74. The van der Waals surface area contributed by atoms with Gasteiger partial charge in [0.25, 0.3) is 5.91 Å². The van der Waals surface area contributed by atoms with Crippen LogP contribution in [-0.2, 0) is 6.42 Å². The fraction of sp³-hybridized carbons (Fsp3) is 0.444. The molecule has 0 aliphatic carbocycles. The molecular formula is C9H14N2O2. The van der Waals surface area contributed by atoms with Crippen molar-refractivity contribution in [3.63, 3.8) is 0 Å². The average Bonchev–Trinajstić information content (AvgIpc) is 2.62. The highest BCUT2D eigenvalue weighted by Crippen LogP contribution is 2.09. The number of rotatable bonds is 4. The lowest BCUT2D eigenvalue weighted by molar-refractivity contribution is 0.0934. The van der Waals surface area contributed by atoms with E-state index in [1.54, 1.807) is 19.2 Å². The van der Waals surface area contributed by atoms with Crippen LogP contribution in [0, 0.1) is 0 Å². The van der Waals surface area contributed by atoms with Gasteiger partial charge in [-0.2, -0.15) is 0 Å². The highest BCUT2D eigenvalue weighted by molar-refractivity contribution is 5.91. The lowest BCUT2D eigenvalue weighted by Crippen LogP contribution is -2.16. The molecule has 0 aromatic carbocycles. The molecule has 72 valence electrons. The van der Waals surface area contributed by atoms with Crippen molar-refractivity contribution >= 4 is 5.91 Å². The molecule has 3 N–H and O–H groups in total. The summed E-state index contributed by atoms with van der Waals surface area (Å²) in [5.41, 5.74) is 5.35. The first-order valence-corrected chi connectivity index (χ1v) is 4.28. The van der Waals surface area contributed by atoms with E-state index in [4.69, 9.17) is 10.2 Å². The maximum atomic E-state index is 11.1. The Morgan fingerprint density at radius 1 is 1.62 bits per heavy atom. The third kappa shape index (κ3) is 2.59. The Bertz CT molecular complexity index is 281. The normalized spacial score (nSPS) is 10.0. The first-order valence-electron chi connectivity index (χ1n) is 4.28. The number of hydrogen-bond acceptors (Lipinski definition) is 3. The molecule has 0 spiro atoms. The van der Waals surface area contributed by atoms with Gasteiger partial charge in [-0.05, 0) is 25.1 Å². The van der Waals surface area contributed by atoms with Gasteiger partial charge < -0.3 is 15.5 Å². The van der Waals surface area contributed by atoms with E-state index in [9.17, 15) is 4.79 Å². The summed E-state index contributed by atoms with van der Waals surface area (Å²) in [6.45, 7) is 0.635. The number of furan rings is 1. The van der Waals surface area contributed by atoms with E-state index in [1.807, 2.05) is 0 Å². The largest absolute Gasteiger partial charge is 0.456 e. The Morgan fingerprint density at radius 2 is 2.38 bits per heavy atom. The van der Waals surface area contributed by atoms with Crippen molar-refractivity contribution in [2.75, 3.05) is 13.6 Å². The second kappa shape index (κ2) is 4.67. The van der Waals surface area contributed by atoms with E-state index in [-0.39, 0.29) is 5.91 Å². The summed E-state index contributed by atoms with van der Waals surface area (Å²) in [6, 6.07) is 3.48. The van der Waals surface area contributed by atoms with E-state index in [2.05, 4.69) is 5.32 Å². The van der Waals surface area contributed by atoms with E-state index < -0.39 is 0 Å². The van der Waals surface area contributed by atoms with Gasteiger partial charge in [-0.3, -0.25) is 4.79 Å². The van der Waals surface area contributed by atoms with Crippen LogP contribution in [0.25, 0.3) is 0 Å². The molecule has 0 atom stereocenters. The molecule has 0 fully saturated rings. The summed E-state index contributed by atoms with van der Waals surface area (Å²) in [5.74, 6) is 0.970. The predicted molar refractivity (Wildman–Crippen MR) is 49.5 cm³/mol. The standard InChI is InChI=1S/C9H14N2O2/c1-11-9(12)8-5-4-7(13-8)3-2-6-10/h4-5H,2-3,6,10H2,1H3,(H,11,12). The molecule has 1 aromatic heterocycles. The summed E-state index contributed by atoms with van der Waals surface area (Å²) >= 11 is 0. The summed E-state index contributed by atoms with van der Waals surface area (Å²) in [4.78, 5) is 11.1. The van der Waals surface area contributed by atoms with E-state index in [0.29, 0.717) is 12.3 Å². The van der Waals surface area contributed by atoms with Crippen molar-refractivity contribution in [1.29, 1.82) is 0 Å². The molecule has 4 nitrogen and oxygen atoms in total. The van der Waals surface area contributed by atoms with Gasteiger partial charge in [-0.1, -0.05) is 0 Å². The highest BCUT2D eigenvalue weighted by atomic mass is 16.3. The zero-order chi connectivity index (χ0) is 9.68. The number of carbonyl (C=O) groups is 1. The third-order valence-electron chi connectivity index (χ3n) is 1.74. The van der Waals surface area contributed by atoms with Gasteiger partial charge in [0.2, 0.25) is 0 Å². The second-order valence-electron chi connectivity index (χ2n) is 2.74. The molecule has 0 saturated heterocycles. The lowest BCUT2D eigenvalue weighted by atomic mass is 10.2. The lowest BCUT2D eigenvalue weighted by Gasteiger charge is -1.94. The molecule has 0 unspecified atom stereocenters. The van der Waals surface area contributed by atoms with Crippen LogP contribution in [0.2, 0.25) is 0 Å². The number of carbonyl (C=O) groups excluding carboxylic acids is 1. The fourth-order valence-corrected chi connectivity index (χ4v) is 1.03. The smallest absolute Gasteiger partial charge is 0.286 e. The molecule has 0 bridgehead atoms. The van der Waals surface area contributed by atoms with Crippen LogP contribution >= 0.6 is 0 Å². The van der Waals surface area contributed by atoms with Crippen LogP contribution < -0.4 is 11.1 Å². The molecule has 0 aliphatic heterocycles. The van der Waals surface area contributed by atoms with Crippen molar-refractivity contribution < 1.29 is 9.21 Å². The molecule has 0 aliphatic rings. The molecule has 1 aromatic rings. The summed E-state index contributed by atoms with van der Waals surface area (Å²) in [6.07, 6.45) is 1.66. The Morgan fingerprint density at radius 3 is 3.00 bits per heavy atom. The van der Waals surface area contributed by atoms with Crippen LogP contribution in [0.3, 0.4) is 0 Å². The minimum Gasteiger partial charge on any atom is -0.456 e. The van der Waals surface area contributed by atoms with Gasteiger partial charge in [-0.25, -0.2) is 0 Å². The van der Waals surface area contributed by atoms with E-state index in [1.165, 1.54) is 0 Å². The van der Waals surface area contributed by atoms with Gasteiger partial charge in [0.1, 0.15) is 5.76 Å². The van der Waals surface area contributed by atoms with Crippen molar-refractivity contribution in [2.24, 2.45) is 5.73 Å². The SMILES string of the molecule is CNC(=O)c1ccc(CCCN)o1. The number of hydrogen-bond donors (Lipinski definition) is 2. The Labute approximate surface area is 77.1 Å². The first-order chi connectivity index (χ1) is 6.27. The quantitative estimate of drug-likeness (QED) is 0.713. The average molecular weight is 182 g/mol. The number of aryl methyl sites for hydroxylation is 1. The number of nitrogens with two attached hydrogens (primary N) is 1. The Kier molecular flexibility index (Phi) is 3.52. The molecule has 0 radical (unpaired) electrons. The minimum atomic E-state index is -0.195. The monoisotopic (exact) mass is 182 g/mol. The topological polar surface area (TPSA) is 68.3 Å². The van der Waals surface area contributed by atoms with Crippen molar-refractivity contribution in [3.8, 4) is 0 Å². The zero-order valence-corrected chi connectivity index (χ0v) is 7.67.